The zero-order valence-electron chi connectivity index (χ0n) is 20.5. The van der Waals surface area contributed by atoms with Crippen molar-refractivity contribution >= 4 is 17.3 Å². The summed E-state index contributed by atoms with van der Waals surface area (Å²) in [5.74, 6) is 0.359. The van der Waals surface area contributed by atoms with Crippen LogP contribution in [-0.2, 0) is 27.3 Å². The number of nitrogens with one attached hydrogen (secondary N) is 1. The summed E-state index contributed by atoms with van der Waals surface area (Å²) in [4.78, 5) is 17.0. The average Bonchev–Trinajstić information content (AvgIpc) is 2.63. The van der Waals surface area contributed by atoms with E-state index in [1.165, 1.54) is 5.56 Å². The zero-order valence-corrected chi connectivity index (χ0v) is 21.4. The molecule has 6 heteroatoms. The number of ether oxygens (including phenoxy) is 1. The van der Waals surface area contributed by atoms with Gasteiger partial charge in [0, 0.05) is 29.2 Å². The van der Waals surface area contributed by atoms with Crippen molar-refractivity contribution in [2.75, 3.05) is 0 Å². The molecule has 1 heterocycles. The number of carbonyl (C=O) groups excluding carboxylic acids is 1. The Morgan fingerprint density at radius 3 is 2.52 bits per heavy atom. The van der Waals surface area contributed by atoms with E-state index in [1.807, 2.05) is 48.5 Å². The number of carbonyl (C=O) groups is 1. The Morgan fingerprint density at radius 1 is 1.16 bits per heavy atom. The van der Waals surface area contributed by atoms with Gasteiger partial charge in [0.15, 0.2) is 0 Å². The first-order chi connectivity index (χ1) is 14.3. The third-order valence-corrected chi connectivity index (χ3v) is 7.26. The number of fused-ring (bicyclic) bond motifs is 1. The summed E-state index contributed by atoms with van der Waals surface area (Å²) in [5.41, 5.74) is 2.90. The third kappa shape index (κ3) is 9.11. The fourth-order valence-electron chi connectivity index (χ4n) is 4.00. The minimum atomic E-state index is -1.16. The molecule has 2 unspecified atom stereocenters. The first-order valence-corrected chi connectivity index (χ1v) is 12.9. The van der Waals surface area contributed by atoms with Crippen molar-refractivity contribution in [2.24, 2.45) is 5.92 Å². The van der Waals surface area contributed by atoms with Gasteiger partial charge in [-0.25, -0.2) is 0 Å². The predicted octanol–water partition coefficient (Wildman–Crippen LogP) is 5.73. The maximum absolute atomic E-state index is 12.9. The van der Waals surface area contributed by atoms with Crippen molar-refractivity contribution < 1.29 is 14.1 Å². The first kappa shape index (κ1) is 26.1. The lowest BCUT2D eigenvalue weighted by molar-refractivity contribution is -0.155. The highest BCUT2D eigenvalue weighted by Gasteiger charge is 2.31. The van der Waals surface area contributed by atoms with Gasteiger partial charge in [0.05, 0.1) is 6.04 Å². The summed E-state index contributed by atoms with van der Waals surface area (Å²) >= 11 is -1.16. The van der Waals surface area contributed by atoms with Crippen molar-refractivity contribution in [1.82, 2.24) is 9.71 Å². The van der Waals surface area contributed by atoms with Gasteiger partial charge in [-0.15, -0.1) is 4.72 Å². The summed E-state index contributed by atoms with van der Waals surface area (Å²) in [5, 5.41) is 0. The molecule has 0 spiro atoms. The zero-order chi connectivity index (χ0) is 23.2. The minimum Gasteiger partial charge on any atom is -0.598 e. The van der Waals surface area contributed by atoms with Crippen LogP contribution in [0.2, 0.25) is 0 Å². The second kappa shape index (κ2) is 11.2. The quantitative estimate of drug-likeness (QED) is 0.458. The van der Waals surface area contributed by atoms with Crippen LogP contribution in [0, 0.1) is 12.8 Å². The number of nitrogens with zero attached hydrogens (tertiary/aromatic N) is 1. The Kier molecular flexibility index (Phi) is 9.41. The number of hydrogen-bond donors (Lipinski definition) is 1. The smallest absolute Gasteiger partial charge is 0.306 e. The van der Waals surface area contributed by atoms with Crippen LogP contribution in [-0.4, -0.2) is 25.9 Å². The van der Waals surface area contributed by atoms with Crippen molar-refractivity contribution in [3.05, 3.63) is 29.1 Å². The van der Waals surface area contributed by atoms with E-state index in [0.717, 1.165) is 56.3 Å². The molecule has 0 aliphatic heterocycles. The molecule has 176 valence electrons. The molecule has 1 aromatic heterocycles. The summed E-state index contributed by atoms with van der Waals surface area (Å²) in [7, 11) is 0. The van der Waals surface area contributed by atoms with Gasteiger partial charge < -0.3 is 9.29 Å². The van der Waals surface area contributed by atoms with Crippen LogP contribution in [0.4, 0.5) is 0 Å². The Morgan fingerprint density at radius 2 is 1.87 bits per heavy atom. The molecule has 0 saturated carbocycles. The molecule has 1 aliphatic rings. The standard InChI is InChI=1S/C25H42N2O3S/c1-18-12-15-20-21(26-18)11-9-8-10-19(14-17-23(28)30-24(2,3)4)13-16-22(20)27-31(29)25(5,6)7/h12,15,19,22,27H,8-11,13-14,16-17H2,1-7H3/t19?,22-,31?/m1/s1. The third-order valence-electron chi connectivity index (χ3n) is 5.65. The largest absolute Gasteiger partial charge is 0.598 e. The fraction of sp³-hybridized carbons (Fsp3) is 0.760. The van der Waals surface area contributed by atoms with Gasteiger partial charge in [-0.2, -0.15) is 0 Å². The van der Waals surface area contributed by atoms with Crippen LogP contribution >= 0.6 is 0 Å². The molecule has 0 amide bonds. The number of rotatable bonds is 5. The summed E-state index contributed by atoms with van der Waals surface area (Å²) in [6, 6.07) is 4.22. The van der Waals surface area contributed by atoms with E-state index in [0.29, 0.717) is 12.3 Å². The molecule has 2 rings (SSSR count). The SMILES string of the molecule is Cc1ccc2c(n1)CCCCC(CCC(=O)OC(C)(C)C)CC[C@H]2N[S+]([O-])C(C)(C)C. The molecule has 1 N–H and O–H groups in total. The van der Waals surface area contributed by atoms with E-state index in [9.17, 15) is 9.35 Å². The summed E-state index contributed by atoms with van der Waals surface area (Å²) in [6.45, 7) is 13.7. The van der Waals surface area contributed by atoms with Gasteiger partial charge >= 0.3 is 5.97 Å². The second-order valence-corrected chi connectivity index (χ2v) is 12.9. The molecular formula is C25H42N2O3S. The van der Waals surface area contributed by atoms with Crippen molar-refractivity contribution in [3.8, 4) is 0 Å². The monoisotopic (exact) mass is 450 g/mol. The molecule has 0 radical (unpaired) electrons. The highest BCUT2D eigenvalue weighted by atomic mass is 32.2. The molecule has 31 heavy (non-hydrogen) atoms. The number of pyridine rings is 1. The van der Waals surface area contributed by atoms with Crippen LogP contribution in [0.25, 0.3) is 0 Å². The molecule has 1 aromatic rings. The molecular weight excluding hydrogens is 408 g/mol. The minimum absolute atomic E-state index is 0.00489. The lowest BCUT2D eigenvalue weighted by Crippen LogP contribution is -2.41. The maximum Gasteiger partial charge on any atom is 0.306 e. The molecule has 0 bridgehead atoms. The topological polar surface area (TPSA) is 74.3 Å². The Hall–Kier alpha value is -1.11. The van der Waals surface area contributed by atoms with Gasteiger partial charge in [0.1, 0.15) is 10.3 Å². The molecule has 3 atom stereocenters. The fourth-order valence-corrected chi connectivity index (χ4v) is 4.85. The van der Waals surface area contributed by atoms with E-state index < -0.39 is 17.0 Å². The molecule has 5 nitrogen and oxygen atoms in total. The van der Waals surface area contributed by atoms with Gasteiger partial charge in [0.25, 0.3) is 0 Å². The van der Waals surface area contributed by atoms with Crippen LogP contribution in [0.1, 0.15) is 109 Å². The van der Waals surface area contributed by atoms with Gasteiger partial charge in [-0.05, 0) is 98.1 Å². The van der Waals surface area contributed by atoms with Crippen LogP contribution < -0.4 is 4.72 Å². The highest BCUT2D eigenvalue weighted by molar-refractivity contribution is 7.90. The van der Waals surface area contributed by atoms with Crippen LogP contribution in [0.5, 0.6) is 0 Å². The Bertz CT molecular complexity index is 724. The Labute approximate surface area is 192 Å². The van der Waals surface area contributed by atoms with E-state index in [-0.39, 0.29) is 16.8 Å². The molecule has 0 aromatic carbocycles. The second-order valence-electron chi connectivity index (χ2n) is 10.9. The predicted molar refractivity (Wildman–Crippen MR) is 128 cm³/mol. The van der Waals surface area contributed by atoms with E-state index in [4.69, 9.17) is 9.72 Å². The summed E-state index contributed by atoms with van der Waals surface area (Å²) in [6.07, 6.45) is 7.47. The van der Waals surface area contributed by atoms with Gasteiger partial charge in [-0.3, -0.25) is 9.78 Å². The van der Waals surface area contributed by atoms with Crippen molar-refractivity contribution in [2.45, 2.75) is 116 Å². The lowest BCUT2D eigenvalue weighted by Gasteiger charge is -2.30. The highest BCUT2D eigenvalue weighted by Crippen LogP contribution is 2.32. The van der Waals surface area contributed by atoms with Crippen LogP contribution in [0.3, 0.4) is 0 Å². The van der Waals surface area contributed by atoms with Gasteiger partial charge in [-0.1, -0.05) is 18.9 Å². The number of hydrogen-bond acceptors (Lipinski definition) is 5. The summed E-state index contributed by atoms with van der Waals surface area (Å²) < 4.78 is 21.5. The van der Waals surface area contributed by atoms with Crippen molar-refractivity contribution in [1.29, 1.82) is 0 Å². The first-order valence-electron chi connectivity index (χ1n) is 11.7. The molecule has 1 aliphatic carbocycles. The normalized spacial score (nSPS) is 21.8. The molecule has 0 saturated heterocycles. The van der Waals surface area contributed by atoms with E-state index >= 15 is 0 Å². The molecule has 0 fully saturated rings. The maximum atomic E-state index is 12.9. The number of aromatic nitrogens is 1. The lowest BCUT2D eigenvalue weighted by atomic mass is 9.86. The van der Waals surface area contributed by atoms with E-state index in [2.05, 4.69) is 16.9 Å². The van der Waals surface area contributed by atoms with Crippen molar-refractivity contribution in [3.63, 3.8) is 0 Å². The van der Waals surface area contributed by atoms with Crippen LogP contribution in [0.15, 0.2) is 12.1 Å². The van der Waals surface area contributed by atoms with E-state index in [1.54, 1.807) is 0 Å². The number of esters is 1. The van der Waals surface area contributed by atoms with Gasteiger partial charge in [0.2, 0.25) is 0 Å². The average molecular weight is 451 g/mol. The number of aryl methyl sites for hydroxylation is 2. The Balaban J connectivity index is 2.14.